The molecule has 0 aliphatic heterocycles. The quantitative estimate of drug-likeness (QED) is 0.331. The summed E-state index contributed by atoms with van der Waals surface area (Å²) in [6.07, 6.45) is 4.63. The first-order valence-electron chi connectivity index (χ1n) is 6.26. The number of hydrogen-bond donors (Lipinski definition) is 2. The van der Waals surface area contributed by atoms with Crippen molar-refractivity contribution in [1.29, 1.82) is 0 Å². The molecule has 1 unspecified atom stereocenters. The first-order chi connectivity index (χ1) is 8.67. The normalized spacial score (nSPS) is 13.8. The maximum Gasteiger partial charge on any atom is 0.143 e. The van der Waals surface area contributed by atoms with Crippen LogP contribution in [0.4, 0.5) is 0 Å². The molecule has 3 N–H and O–H groups in total. The van der Waals surface area contributed by atoms with Crippen LogP contribution in [0.15, 0.2) is 29.7 Å². The Morgan fingerprint density at radius 2 is 2.39 bits per heavy atom. The molecule has 0 saturated heterocycles. The summed E-state index contributed by atoms with van der Waals surface area (Å²) >= 11 is 0. The van der Waals surface area contributed by atoms with E-state index in [9.17, 15) is 0 Å². The number of aromatic nitrogens is 1. The van der Waals surface area contributed by atoms with Crippen molar-refractivity contribution in [3.8, 4) is 0 Å². The maximum atomic E-state index is 8.63. The summed E-state index contributed by atoms with van der Waals surface area (Å²) in [5.41, 5.74) is 6.82. The van der Waals surface area contributed by atoms with Gasteiger partial charge in [0.1, 0.15) is 5.84 Å². The number of hydrogen-bond acceptors (Lipinski definition) is 4. The molecule has 0 fully saturated rings. The molecule has 5 heteroatoms. The van der Waals surface area contributed by atoms with Crippen molar-refractivity contribution in [1.82, 2.24) is 9.88 Å². The second kappa shape index (κ2) is 7.66. The monoisotopic (exact) mass is 250 g/mol. The fourth-order valence-electron chi connectivity index (χ4n) is 1.79. The summed E-state index contributed by atoms with van der Waals surface area (Å²) < 4.78 is 0. The van der Waals surface area contributed by atoms with Crippen LogP contribution < -0.4 is 5.73 Å². The summed E-state index contributed by atoms with van der Waals surface area (Å²) in [4.78, 5) is 6.39. The average Bonchev–Trinajstić information content (AvgIpc) is 2.43. The fraction of sp³-hybridized carbons (Fsp3) is 0.538. The third-order valence-corrected chi connectivity index (χ3v) is 3.04. The van der Waals surface area contributed by atoms with Gasteiger partial charge in [0.2, 0.25) is 0 Å². The molecular weight excluding hydrogens is 228 g/mol. The highest BCUT2D eigenvalue weighted by Gasteiger charge is 2.12. The number of nitrogens with two attached hydrogens (primary N) is 1. The van der Waals surface area contributed by atoms with Gasteiger partial charge in [-0.05, 0) is 24.6 Å². The lowest BCUT2D eigenvalue weighted by atomic mass is 10.1. The predicted molar refractivity (Wildman–Crippen MR) is 72.6 cm³/mol. The van der Waals surface area contributed by atoms with Crippen molar-refractivity contribution in [2.45, 2.75) is 20.3 Å². The summed E-state index contributed by atoms with van der Waals surface area (Å²) in [5, 5.41) is 11.7. The molecule has 1 aromatic rings. The van der Waals surface area contributed by atoms with Crippen LogP contribution in [0.25, 0.3) is 0 Å². The van der Waals surface area contributed by atoms with Crippen LogP contribution in [0.1, 0.15) is 19.4 Å². The molecule has 0 bridgehead atoms. The van der Waals surface area contributed by atoms with Gasteiger partial charge in [0.05, 0.1) is 0 Å². The van der Waals surface area contributed by atoms with Crippen molar-refractivity contribution in [2.75, 3.05) is 19.6 Å². The van der Waals surface area contributed by atoms with Gasteiger partial charge in [-0.2, -0.15) is 0 Å². The van der Waals surface area contributed by atoms with Crippen molar-refractivity contribution in [3.05, 3.63) is 30.1 Å². The number of likely N-dealkylation sites (N-methyl/N-ethyl adjacent to an activating group) is 1. The smallest absolute Gasteiger partial charge is 0.143 e. The number of rotatable bonds is 7. The highest BCUT2D eigenvalue weighted by molar-refractivity contribution is 5.82. The van der Waals surface area contributed by atoms with Gasteiger partial charge in [-0.3, -0.25) is 4.98 Å². The van der Waals surface area contributed by atoms with Crippen LogP contribution in [0.3, 0.4) is 0 Å². The van der Waals surface area contributed by atoms with E-state index in [2.05, 4.69) is 28.0 Å². The standard InChI is InChI=1S/C13H22N4O/c1-3-17(10-11(2)13(14)16-18)8-6-12-5-4-7-15-9-12/h4-5,7,9,11,18H,3,6,8,10H2,1-2H3,(H2,14,16). The van der Waals surface area contributed by atoms with Gasteiger partial charge in [-0.1, -0.05) is 25.1 Å². The summed E-state index contributed by atoms with van der Waals surface area (Å²) in [6, 6.07) is 4.03. The van der Waals surface area contributed by atoms with Gasteiger partial charge >= 0.3 is 0 Å². The number of nitrogens with zero attached hydrogens (tertiary/aromatic N) is 3. The minimum Gasteiger partial charge on any atom is -0.409 e. The van der Waals surface area contributed by atoms with E-state index in [1.165, 1.54) is 5.56 Å². The van der Waals surface area contributed by atoms with Gasteiger partial charge in [-0.15, -0.1) is 0 Å². The largest absolute Gasteiger partial charge is 0.409 e. The molecule has 0 aliphatic rings. The Morgan fingerprint density at radius 3 is 2.94 bits per heavy atom. The van der Waals surface area contributed by atoms with E-state index in [0.29, 0.717) is 0 Å². The molecule has 0 aliphatic carbocycles. The molecule has 1 heterocycles. The van der Waals surface area contributed by atoms with E-state index in [0.717, 1.165) is 26.1 Å². The summed E-state index contributed by atoms with van der Waals surface area (Å²) in [5.74, 6) is 0.346. The van der Waals surface area contributed by atoms with Crippen LogP contribution in [-0.4, -0.2) is 40.6 Å². The van der Waals surface area contributed by atoms with Crippen LogP contribution in [0.2, 0.25) is 0 Å². The Kier molecular flexibility index (Phi) is 6.14. The molecule has 100 valence electrons. The fourth-order valence-corrected chi connectivity index (χ4v) is 1.79. The molecule has 5 nitrogen and oxygen atoms in total. The lowest BCUT2D eigenvalue weighted by Gasteiger charge is -2.23. The van der Waals surface area contributed by atoms with Gasteiger partial charge in [0.25, 0.3) is 0 Å². The van der Waals surface area contributed by atoms with E-state index >= 15 is 0 Å². The summed E-state index contributed by atoms with van der Waals surface area (Å²) in [7, 11) is 0. The highest BCUT2D eigenvalue weighted by Crippen LogP contribution is 2.03. The van der Waals surface area contributed by atoms with Crippen molar-refractivity contribution in [2.24, 2.45) is 16.8 Å². The van der Waals surface area contributed by atoms with Crippen molar-refractivity contribution >= 4 is 5.84 Å². The molecule has 1 atom stereocenters. The molecule has 18 heavy (non-hydrogen) atoms. The van der Waals surface area contributed by atoms with Crippen LogP contribution in [-0.2, 0) is 6.42 Å². The van der Waals surface area contributed by atoms with E-state index in [4.69, 9.17) is 10.9 Å². The lowest BCUT2D eigenvalue weighted by Crippen LogP contribution is -2.36. The van der Waals surface area contributed by atoms with E-state index < -0.39 is 0 Å². The highest BCUT2D eigenvalue weighted by atomic mass is 16.4. The Balaban J connectivity index is 2.43. The zero-order valence-corrected chi connectivity index (χ0v) is 11.1. The molecule has 1 aromatic heterocycles. The Bertz CT molecular complexity index is 367. The predicted octanol–water partition coefficient (Wildman–Crippen LogP) is 1.33. The SMILES string of the molecule is CCN(CCc1cccnc1)CC(C)C(N)=NO. The summed E-state index contributed by atoms with van der Waals surface area (Å²) in [6.45, 7) is 6.77. The average molecular weight is 250 g/mol. The molecule has 0 amide bonds. The second-order valence-electron chi connectivity index (χ2n) is 4.43. The van der Waals surface area contributed by atoms with Crippen molar-refractivity contribution in [3.63, 3.8) is 0 Å². The van der Waals surface area contributed by atoms with E-state index in [1.54, 1.807) is 6.20 Å². The number of amidine groups is 1. The Morgan fingerprint density at radius 1 is 1.61 bits per heavy atom. The molecule has 0 aromatic carbocycles. The molecule has 0 spiro atoms. The molecule has 0 radical (unpaired) electrons. The maximum absolute atomic E-state index is 8.63. The molecule has 1 rings (SSSR count). The minimum atomic E-state index is 0.0591. The third kappa shape index (κ3) is 4.71. The molecular formula is C13H22N4O. The van der Waals surface area contributed by atoms with Crippen LogP contribution >= 0.6 is 0 Å². The third-order valence-electron chi connectivity index (χ3n) is 3.04. The van der Waals surface area contributed by atoms with Gasteiger partial charge in [0, 0.05) is 31.4 Å². The van der Waals surface area contributed by atoms with E-state index in [-0.39, 0.29) is 11.8 Å². The first-order valence-corrected chi connectivity index (χ1v) is 6.26. The Labute approximate surface area is 108 Å². The lowest BCUT2D eigenvalue weighted by molar-refractivity contribution is 0.267. The van der Waals surface area contributed by atoms with E-state index in [1.807, 2.05) is 19.2 Å². The van der Waals surface area contributed by atoms with Gasteiger partial charge < -0.3 is 15.8 Å². The van der Waals surface area contributed by atoms with Crippen LogP contribution in [0.5, 0.6) is 0 Å². The van der Waals surface area contributed by atoms with Crippen LogP contribution in [0, 0.1) is 5.92 Å². The zero-order valence-electron chi connectivity index (χ0n) is 11.1. The second-order valence-corrected chi connectivity index (χ2v) is 4.43. The molecule has 0 saturated carbocycles. The van der Waals surface area contributed by atoms with Gasteiger partial charge in [0.15, 0.2) is 0 Å². The first kappa shape index (κ1) is 14.4. The van der Waals surface area contributed by atoms with Crippen molar-refractivity contribution < 1.29 is 5.21 Å². The number of oxime groups is 1. The van der Waals surface area contributed by atoms with Gasteiger partial charge in [-0.25, -0.2) is 0 Å². The zero-order chi connectivity index (χ0) is 13.4. The number of pyridine rings is 1. The minimum absolute atomic E-state index is 0.0591. The topological polar surface area (TPSA) is 74.7 Å². The Hall–Kier alpha value is -1.62.